The van der Waals surface area contributed by atoms with Crippen molar-refractivity contribution in [2.24, 2.45) is 5.73 Å². The van der Waals surface area contributed by atoms with Gasteiger partial charge < -0.3 is 16.6 Å². The summed E-state index contributed by atoms with van der Waals surface area (Å²) < 4.78 is 0. The van der Waals surface area contributed by atoms with Crippen LogP contribution < -0.4 is 11.5 Å². The first-order chi connectivity index (χ1) is 6.14. The van der Waals surface area contributed by atoms with E-state index in [0.717, 1.165) is 0 Å². The van der Waals surface area contributed by atoms with E-state index < -0.39 is 5.60 Å². The molecule has 4 nitrogen and oxygen atoms in total. The van der Waals surface area contributed by atoms with Crippen molar-refractivity contribution in [2.45, 2.75) is 18.9 Å². The number of hydrogen-bond donors (Lipinski definition) is 3. The molecule has 1 aromatic rings. The summed E-state index contributed by atoms with van der Waals surface area (Å²) in [5.41, 5.74) is 10.7. The van der Waals surface area contributed by atoms with Crippen LogP contribution in [0.1, 0.15) is 18.9 Å². The molecule has 72 valence electrons. The van der Waals surface area contributed by atoms with Gasteiger partial charge in [-0.3, -0.25) is 0 Å². The molecule has 5 N–H and O–H groups in total. The van der Waals surface area contributed by atoms with Gasteiger partial charge in [0.2, 0.25) is 0 Å². The molecule has 0 amide bonds. The van der Waals surface area contributed by atoms with E-state index in [1.54, 1.807) is 18.3 Å². The molecule has 0 fully saturated rings. The Morgan fingerprint density at radius 1 is 1.62 bits per heavy atom. The number of aliphatic hydroxyl groups is 1. The van der Waals surface area contributed by atoms with Crippen molar-refractivity contribution in [2.75, 3.05) is 12.3 Å². The van der Waals surface area contributed by atoms with Crippen molar-refractivity contribution < 1.29 is 5.11 Å². The Balaban J connectivity index is 3.12. The number of rotatable bonds is 3. The van der Waals surface area contributed by atoms with Crippen LogP contribution in [0.25, 0.3) is 0 Å². The molecule has 0 aliphatic heterocycles. The Hall–Kier alpha value is -1.13. The van der Waals surface area contributed by atoms with Gasteiger partial charge in [-0.05, 0) is 12.5 Å². The smallest absolute Gasteiger partial charge is 0.129 e. The van der Waals surface area contributed by atoms with Crippen LogP contribution in [0, 0.1) is 0 Å². The van der Waals surface area contributed by atoms with Gasteiger partial charge in [0, 0.05) is 18.3 Å². The van der Waals surface area contributed by atoms with Crippen molar-refractivity contribution in [1.82, 2.24) is 4.98 Å². The Bertz CT molecular complexity index is 284. The summed E-state index contributed by atoms with van der Waals surface area (Å²) in [5.74, 6) is 0.345. The molecule has 0 saturated heterocycles. The normalized spacial score (nSPS) is 15.3. The summed E-state index contributed by atoms with van der Waals surface area (Å²) in [6.45, 7) is 2.01. The van der Waals surface area contributed by atoms with Crippen molar-refractivity contribution in [3.05, 3.63) is 23.9 Å². The lowest BCUT2D eigenvalue weighted by molar-refractivity contribution is 0.0423. The van der Waals surface area contributed by atoms with Gasteiger partial charge in [0.15, 0.2) is 0 Å². The molecular formula is C9H15N3O. The van der Waals surface area contributed by atoms with Crippen molar-refractivity contribution in [1.29, 1.82) is 0 Å². The Labute approximate surface area is 77.6 Å². The first-order valence-electron chi connectivity index (χ1n) is 4.27. The summed E-state index contributed by atoms with van der Waals surface area (Å²) in [7, 11) is 0. The van der Waals surface area contributed by atoms with Gasteiger partial charge in [-0.2, -0.15) is 0 Å². The number of pyridine rings is 1. The Morgan fingerprint density at radius 3 is 2.77 bits per heavy atom. The number of nitrogens with two attached hydrogens (primary N) is 2. The van der Waals surface area contributed by atoms with Gasteiger partial charge in [0.05, 0.1) is 0 Å². The quantitative estimate of drug-likeness (QED) is 0.622. The number of aromatic nitrogens is 1. The first kappa shape index (κ1) is 9.95. The van der Waals surface area contributed by atoms with Gasteiger partial charge in [-0.25, -0.2) is 4.98 Å². The maximum absolute atomic E-state index is 10.0. The number of nitrogens with zero attached hydrogens (tertiary/aromatic N) is 1. The first-order valence-corrected chi connectivity index (χ1v) is 4.27. The number of nitrogen functional groups attached to an aromatic ring is 1. The van der Waals surface area contributed by atoms with Crippen molar-refractivity contribution in [3.63, 3.8) is 0 Å². The SMILES string of the molecule is CCC(O)(CN)c1cccnc1N. The van der Waals surface area contributed by atoms with E-state index in [4.69, 9.17) is 11.5 Å². The summed E-state index contributed by atoms with van der Waals surface area (Å²) in [4.78, 5) is 3.90. The second kappa shape index (κ2) is 3.72. The number of anilines is 1. The second-order valence-corrected chi connectivity index (χ2v) is 3.03. The molecule has 0 aliphatic rings. The van der Waals surface area contributed by atoms with Crippen molar-refractivity contribution in [3.8, 4) is 0 Å². The predicted octanol–water partition coefficient (Wildman–Crippen LogP) is 0.220. The lowest BCUT2D eigenvalue weighted by atomic mass is 9.92. The van der Waals surface area contributed by atoms with Crippen LogP contribution in [-0.4, -0.2) is 16.6 Å². The van der Waals surface area contributed by atoms with Crippen LogP contribution in [0.4, 0.5) is 5.82 Å². The van der Waals surface area contributed by atoms with E-state index >= 15 is 0 Å². The van der Waals surface area contributed by atoms with Crippen LogP contribution in [0.5, 0.6) is 0 Å². The van der Waals surface area contributed by atoms with Crippen LogP contribution in [0.2, 0.25) is 0 Å². The standard InChI is InChI=1S/C9H15N3O/c1-2-9(13,6-10)7-4-3-5-12-8(7)11/h3-5,13H,2,6,10H2,1H3,(H2,11,12). The van der Waals surface area contributed by atoms with E-state index in [1.165, 1.54) is 0 Å². The van der Waals surface area contributed by atoms with Crippen LogP contribution >= 0.6 is 0 Å². The summed E-state index contributed by atoms with van der Waals surface area (Å²) in [6, 6.07) is 3.49. The monoisotopic (exact) mass is 181 g/mol. The lowest BCUT2D eigenvalue weighted by Crippen LogP contribution is -2.35. The zero-order chi connectivity index (χ0) is 9.90. The van der Waals surface area contributed by atoms with Gasteiger partial charge >= 0.3 is 0 Å². The highest BCUT2D eigenvalue weighted by Gasteiger charge is 2.27. The zero-order valence-corrected chi connectivity index (χ0v) is 7.70. The molecule has 0 radical (unpaired) electrons. The van der Waals surface area contributed by atoms with Gasteiger partial charge in [-0.1, -0.05) is 13.0 Å². The summed E-state index contributed by atoms with van der Waals surface area (Å²) >= 11 is 0. The third-order valence-electron chi connectivity index (χ3n) is 2.26. The third-order valence-corrected chi connectivity index (χ3v) is 2.26. The molecule has 1 aromatic heterocycles. The molecular weight excluding hydrogens is 166 g/mol. The van der Waals surface area contributed by atoms with E-state index in [0.29, 0.717) is 17.8 Å². The third kappa shape index (κ3) is 1.79. The molecule has 0 bridgehead atoms. The predicted molar refractivity (Wildman–Crippen MR) is 51.9 cm³/mol. The summed E-state index contributed by atoms with van der Waals surface area (Å²) in [6.07, 6.45) is 2.12. The fourth-order valence-corrected chi connectivity index (χ4v) is 1.26. The van der Waals surface area contributed by atoms with Gasteiger partial charge in [0.25, 0.3) is 0 Å². The minimum absolute atomic E-state index is 0.152. The highest BCUT2D eigenvalue weighted by atomic mass is 16.3. The van der Waals surface area contributed by atoms with Gasteiger partial charge in [0.1, 0.15) is 11.4 Å². The number of hydrogen-bond acceptors (Lipinski definition) is 4. The van der Waals surface area contributed by atoms with E-state index in [9.17, 15) is 5.11 Å². The van der Waals surface area contributed by atoms with E-state index in [2.05, 4.69) is 4.98 Å². The molecule has 1 atom stereocenters. The second-order valence-electron chi connectivity index (χ2n) is 3.03. The van der Waals surface area contributed by atoms with E-state index in [1.807, 2.05) is 6.92 Å². The maximum Gasteiger partial charge on any atom is 0.129 e. The molecule has 4 heteroatoms. The van der Waals surface area contributed by atoms with Crippen LogP contribution in [0.15, 0.2) is 18.3 Å². The minimum Gasteiger partial charge on any atom is -0.384 e. The van der Waals surface area contributed by atoms with Crippen molar-refractivity contribution >= 4 is 5.82 Å². The molecule has 13 heavy (non-hydrogen) atoms. The Kier molecular flexibility index (Phi) is 2.85. The molecule has 1 unspecified atom stereocenters. The Morgan fingerprint density at radius 2 is 2.31 bits per heavy atom. The zero-order valence-electron chi connectivity index (χ0n) is 7.70. The molecule has 1 rings (SSSR count). The fourth-order valence-electron chi connectivity index (χ4n) is 1.26. The highest BCUT2D eigenvalue weighted by molar-refractivity contribution is 5.42. The van der Waals surface area contributed by atoms with Gasteiger partial charge in [-0.15, -0.1) is 0 Å². The topological polar surface area (TPSA) is 85.2 Å². The molecule has 0 saturated carbocycles. The minimum atomic E-state index is -1.04. The average molecular weight is 181 g/mol. The highest BCUT2D eigenvalue weighted by Crippen LogP contribution is 2.26. The maximum atomic E-state index is 10.0. The van der Waals surface area contributed by atoms with Crippen LogP contribution in [-0.2, 0) is 5.60 Å². The van der Waals surface area contributed by atoms with E-state index in [-0.39, 0.29) is 6.54 Å². The average Bonchev–Trinajstić information content (AvgIpc) is 2.17. The van der Waals surface area contributed by atoms with Crippen LogP contribution in [0.3, 0.4) is 0 Å². The molecule has 0 spiro atoms. The molecule has 0 aliphatic carbocycles. The summed E-state index contributed by atoms with van der Waals surface area (Å²) in [5, 5.41) is 10.0. The lowest BCUT2D eigenvalue weighted by Gasteiger charge is -2.25. The molecule has 1 heterocycles. The molecule has 0 aromatic carbocycles. The largest absolute Gasteiger partial charge is 0.384 e. The fraction of sp³-hybridized carbons (Fsp3) is 0.444.